The molecule has 0 fully saturated rings. The number of aromatic nitrogens is 2. The number of rotatable bonds is 6. The van der Waals surface area contributed by atoms with E-state index >= 15 is 0 Å². The molecule has 0 spiro atoms. The van der Waals surface area contributed by atoms with Gasteiger partial charge in [-0.3, -0.25) is 20.4 Å². The summed E-state index contributed by atoms with van der Waals surface area (Å²) in [6.45, 7) is 2.00. The number of nitrogens with one attached hydrogen (secondary N) is 2. The minimum atomic E-state index is -0.691. The maximum atomic E-state index is 12.6. The van der Waals surface area contributed by atoms with Crippen molar-refractivity contribution in [2.75, 3.05) is 0 Å². The molecule has 1 atom stereocenters. The van der Waals surface area contributed by atoms with Gasteiger partial charge in [0.1, 0.15) is 0 Å². The van der Waals surface area contributed by atoms with Crippen molar-refractivity contribution in [2.24, 2.45) is 0 Å². The van der Waals surface area contributed by atoms with E-state index in [1.165, 1.54) is 10.9 Å². The van der Waals surface area contributed by atoms with Gasteiger partial charge in [-0.05, 0) is 24.1 Å². The Kier molecular flexibility index (Phi) is 6.06. The summed E-state index contributed by atoms with van der Waals surface area (Å²) >= 11 is 0. The Hall–Kier alpha value is -3.61. The Labute approximate surface area is 163 Å². The molecule has 0 aliphatic rings. The van der Waals surface area contributed by atoms with Crippen LogP contribution in [0.1, 0.15) is 41.7 Å². The Bertz CT molecular complexity index is 939. The number of aromatic hydroxyl groups is 1. The third kappa shape index (κ3) is 4.37. The van der Waals surface area contributed by atoms with Crippen molar-refractivity contribution in [1.82, 2.24) is 20.6 Å². The zero-order valence-electron chi connectivity index (χ0n) is 15.5. The maximum absolute atomic E-state index is 12.6. The summed E-state index contributed by atoms with van der Waals surface area (Å²) in [5.74, 6) is -1.65. The number of nitrogens with zero attached hydrogens (tertiary/aromatic N) is 2. The molecule has 0 bridgehead atoms. The largest absolute Gasteiger partial charge is 0.504 e. The first-order chi connectivity index (χ1) is 13.6. The Morgan fingerprint density at radius 2 is 1.68 bits per heavy atom. The van der Waals surface area contributed by atoms with Crippen LogP contribution in [-0.4, -0.2) is 26.7 Å². The molecule has 7 nitrogen and oxygen atoms in total. The number of benzene rings is 2. The van der Waals surface area contributed by atoms with Gasteiger partial charge in [0.25, 0.3) is 5.91 Å². The van der Waals surface area contributed by atoms with E-state index in [1.807, 2.05) is 55.5 Å². The number of para-hydroxylation sites is 1. The molecule has 3 rings (SSSR count). The molecule has 2 aromatic carbocycles. The van der Waals surface area contributed by atoms with Gasteiger partial charge in [-0.25, -0.2) is 4.68 Å². The van der Waals surface area contributed by atoms with E-state index in [0.717, 1.165) is 12.0 Å². The zero-order valence-corrected chi connectivity index (χ0v) is 15.5. The molecule has 3 N–H and O–H groups in total. The molecule has 144 valence electrons. The smallest absolute Gasteiger partial charge is 0.294 e. The van der Waals surface area contributed by atoms with E-state index in [0.29, 0.717) is 12.1 Å². The quantitative estimate of drug-likeness (QED) is 0.575. The third-order valence-corrected chi connectivity index (χ3v) is 4.33. The number of amides is 2. The van der Waals surface area contributed by atoms with E-state index < -0.39 is 5.91 Å². The highest BCUT2D eigenvalue weighted by atomic mass is 16.3. The minimum absolute atomic E-state index is 0.170. The summed E-state index contributed by atoms with van der Waals surface area (Å²) < 4.78 is 1.40. The molecule has 1 heterocycles. The molecule has 3 aromatic rings. The topological polar surface area (TPSA) is 96.3 Å². The fourth-order valence-electron chi connectivity index (χ4n) is 2.93. The maximum Gasteiger partial charge on any atom is 0.294 e. The summed E-state index contributed by atoms with van der Waals surface area (Å²) in [5.41, 5.74) is 6.19. The lowest BCUT2D eigenvalue weighted by molar-refractivity contribution is -0.123. The molecule has 1 aromatic heterocycles. The lowest BCUT2D eigenvalue weighted by atomic mass is 9.94. The van der Waals surface area contributed by atoms with Gasteiger partial charge < -0.3 is 5.11 Å². The van der Waals surface area contributed by atoms with Crippen LogP contribution >= 0.6 is 0 Å². The lowest BCUT2D eigenvalue weighted by Crippen LogP contribution is -2.44. The highest BCUT2D eigenvalue weighted by Gasteiger charge is 2.22. The van der Waals surface area contributed by atoms with Gasteiger partial charge >= 0.3 is 0 Å². The number of hydrogen-bond donors (Lipinski definition) is 3. The van der Waals surface area contributed by atoms with Crippen molar-refractivity contribution in [3.63, 3.8) is 0 Å². The monoisotopic (exact) mass is 378 g/mol. The minimum Gasteiger partial charge on any atom is -0.504 e. The number of hydrazine groups is 1. The van der Waals surface area contributed by atoms with Crippen molar-refractivity contribution >= 4 is 11.8 Å². The van der Waals surface area contributed by atoms with Crippen LogP contribution < -0.4 is 10.9 Å². The fraction of sp³-hybridized carbons (Fsp3) is 0.190. The molecule has 2 amide bonds. The Morgan fingerprint density at radius 3 is 2.32 bits per heavy atom. The molecular formula is C21H22N4O3. The lowest BCUT2D eigenvalue weighted by Gasteiger charge is -2.16. The van der Waals surface area contributed by atoms with Gasteiger partial charge in [0, 0.05) is 0 Å². The molecule has 0 saturated heterocycles. The second kappa shape index (κ2) is 8.85. The molecule has 0 saturated carbocycles. The van der Waals surface area contributed by atoms with Crippen LogP contribution in [0.4, 0.5) is 0 Å². The standard InChI is InChI=1S/C21H22N4O3/c1-2-9-17(15-10-5-3-6-11-15)20(27)22-23-21(28)19-18(26)14-25(24-19)16-12-7-4-8-13-16/h3-8,10-14,17,26H,2,9H2,1H3,(H,22,27)(H,23,28)/t17-/m0/s1. The molecule has 28 heavy (non-hydrogen) atoms. The predicted molar refractivity (Wildman–Crippen MR) is 105 cm³/mol. The molecule has 0 aliphatic heterocycles. The first-order valence-corrected chi connectivity index (χ1v) is 9.09. The molecule has 0 radical (unpaired) electrons. The van der Waals surface area contributed by atoms with Crippen molar-refractivity contribution in [1.29, 1.82) is 0 Å². The molecule has 0 aliphatic carbocycles. The van der Waals surface area contributed by atoms with Crippen LogP contribution in [0.5, 0.6) is 5.75 Å². The van der Waals surface area contributed by atoms with Crippen LogP contribution in [0.25, 0.3) is 5.69 Å². The van der Waals surface area contributed by atoms with Crippen molar-refractivity contribution < 1.29 is 14.7 Å². The van der Waals surface area contributed by atoms with E-state index in [1.54, 1.807) is 12.1 Å². The number of hydrogen-bond acceptors (Lipinski definition) is 4. The first kappa shape index (κ1) is 19.2. The van der Waals surface area contributed by atoms with Crippen molar-refractivity contribution in [2.45, 2.75) is 25.7 Å². The van der Waals surface area contributed by atoms with Crippen LogP contribution in [0, 0.1) is 0 Å². The van der Waals surface area contributed by atoms with Gasteiger partial charge in [-0.2, -0.15) is 5.10 Å². The third-order valence-electron chi connectivity index (χ3n) is 4.33. The Balaban J connectivity index is 1.68. The summed E-state index contributed by atoms with van der Waals surface area (Å²) in [7, 11) is 0. The zero-order chi connectivity index (χ0) is 19.9. The summed E-state index contributed by atoms with van der Waals surface area (Å²) in [6, 6.07) is 18.5. The van der Waals surface area contributed by atoms with Gasteiger partial charge in [0.15, 0.2) is 11.4 Å². The average Bonchev–Trinajstić information content (AvgIpc) is 3.13. The second-order valence-corrected chi connectivity index (χ2v) is 6.34. The average molecular weight is 378 g/mol. The van der Waals surface area contributed by atoms with Crippen LogP contribution in [0.15, 0.2) is 66.9 Å². The highest BCUT2D eigenvalue weighted by molar-refractivity contribution is 5.96. The summed E-state index contributed by atoms with van der Waals surface area (Å²) in [5, 5.41) is 14.1. The van der Waals surface area contributed by atoms with Crippen molar-refractivity contribution in [3.8, 4) is 11.4 Å². The predicted octanol–water partition coefficient (Wildman–Crippen LogP) is 2.92. The van der Waals surface area contributed by atoms with Crippen molar-refractivity contribution in [3.05, 3.63) is 78.1 Å². The SMILES string of the molecule is CCC[C@H](C(=O)NNC(=O)c1nn(-c2ccccc2)cc1O)c1ccccc1. The van der Waals surface area contributed by atoms with Crippen LogP contribution in [0.3, 0.4) is 0 Å². The van der Waals surface area contributed by atoms with Gasteiger partial charge in [0.2, 0.25) is 5.91 Å². The van der Waals surface area contributed by atoms with E-state index in [4.69, 9.17) is 0 Å². The van der Waals surface area contributed by atoms with E-state index in [-0.39, 0.29) is 23.3 Å². The van der Waals surface area contributed by atoms with Gasteiger partial charge in [-0.15, -0.1) is 0 Å². The molecule has 7 heteroatoms. The van der Waals surface area contributed by atoms with E-state index in [2.05, 4.69) is 16.0 Å². The molecular weight excluding hydrogens is 356 g/mol. The number of carbonyl (C=O) groups excluding carboxylic acids is 2. The molecule has 0 unspecified atom stereocenters. The van der Waals surface area contributed by atoms with Crippen LogP contribution in [0.2, 0.25) is 0 Å². The van der Waals surface area contributed by atoms with Crippen LogP contribution in [-0.2, 0) is 4.79 Å². The van der Waals surface area contributed by atoms with Gasteiger partial charge in [0.05, 0.1) is 17.8 Å². The normalized spacial score (nSPS) is 11.6. The van der Waals surface area contributed by atoms with Gasteiger partial charge in [-0.1, -0.05) is 61.9 Å². The second-order valence-electron chi connectivity index (χ2n) is 6.34. The van der Waals surface area contributed by atoms with E-state index in [9.17, 15) is 14.7 Å². The first-order valence-electron chi connectivity index (χ1n) is 9.09. The Morgan fingerprint density at radius 1 is 1.04 bits per heavy atom. The summed E-state index contributed by atoms with van der Waals surface area (Å²) in [4.78, 5) is 24.9. The highest BCUT2D eigenvalue weighted by Crippen LogP contribution is 2.21. The number of carbonyl (C=O) groups is 2. The summed E-state index contributed by atoms with van der Waals surface area (Å²) in [6.07, 6.45) is 2.82. The fourth-order valence-corrected chi connectivity index (χ4v) is 2.93.